The van der Waals surface area contributed by atoms with E-state index >= 15 is 0 Å². The van der Waals surface area contributed by atoms with Crippen molar-refractivity contribution >= 4 is 33.3 Å². The molecule has 3 aromatic rings. The average molecular weight is 348 g/mol. The minimum Gasteiger partial charge on any atom is -0.309 e. The first-order chi connectivity index (χ1) is 11.1. The van der Waals surface area contributed by atoms with Gasteiger partial charge < -0.3 is 4.98 Å². The van der Waals surface area contributed by atoms with Crippen LogP contribution in [0.2, 0.25) is 0 Å². The third-order valence-corrected chi connectivity index (χ3v) is 6.30. The number of hydrogen-bond donors (Lipinski definition) is 1. The third kappa shape index (κ3) is 2.67. The van der Waals surface area contributed by atoms with Gasteiger partial charge in [-0.2, -0.15) is 0 Å². The lowest BCUT2D eigenvalue weighted by Gasteiger charge is -2.17. The molecule has 0 saturated heterocycles. The lowest BCUT2D eigenvalue weighted by Crippen LogP contribution is -2.14. The van der Waals surface area contributed by atoms with Gasteiger partial charge in [-0.25, -0.2) is 9.67 Å². The number of nitrogens with zero attached hydrogens (tertiary/aromatic N) is 5. The minimum absolute atomic E-state index is 0.0197. The van der Waals surface area contributed by atoms with Crippen molar-refractivity contribution in [2.24, 2.45) is 13.0 Å². The summed E-state index contributed by atoms with van der Waals surface area (Å²) in [7, 11) is 1.79. The molecule has 1 aliphatic carbocycles. The first kappa shape index (κ1) is 14.8. The van der Waals surface area contributed by atoms with Crippen molar-refractivity contribution < 1.29 is 0 Å². The highest BCUT2D eigenvalue weighted by Gasteiger charge is 2.23. The van der Waals surface area contributed by atoms with Crippen LogP contribution in [0.3, 0.4) is 0 Å². The summed E-state index contributed by atoms with van der Waals surface area (Å²) < 4.78 is 1.60. The van der Waals surface area contributed by atoms with Crippen LogP contribution in [-0.4, -0.2) is 30.2 Å². The number of aryl methyl sites for hydroxylation is 2. The van der Waals surface area contributed by atoms with Crippen LogP contribution in [0.4, 0.5) is 0 Å². The maximum atomic E-state index is 12.5. The van der Waals surface area contributed by atoms with Crippen LogP contribution in [0.5, 0.6) is 0 Å². The highest BCUT2D eigenvalue weighted by atomic mass is 32.2. The maximum absolute atomic E-state index is 12.5. The van der Waals surface area contributed by atoms with Crippen LogP contribution in [0, 0.1) is 5.92 Å². The molecule has 0 radical (unpaired) electrons. The van der Waals surface area contributed by atoms with Gasteiger partial charge in [0.2, 0.25) is 5.16 Å². The zero-order valence-corrected chi connectivity index (χ0v) is 14.5. The Kier molecular flexibility index (Phi) is 3.68. The van der Waals surface area contributed by atoms with E-state index in [9.17, 15) is 4.79 Å². The second-order valence-corrected chi connectivity index (χ2v) is 7.94. The van der Waals surface area contributed by atoms with E-state index in [0.29, 0.717) is 22.7 Å². The standard InChI is InChI=1S/C14H16N6OS2/c1-7-3-4-8-9(5-7)23-13-11(8)12(21)15-10(16-13)6-22-14-17-18-19-20(14)2/h7H,3-6H2,1-2H3,(H,15,16,21)/t7-/m1/s1. The number of nitrogens with one attached hydrogen (secondary N) is 1. The summed E-state index contributed by atoms with van der Waals surface area (Å²) in [6, 6.07) is 0. The van der Waals surface area contributed by atoms with Gasteiger partial charge in [0.1, 0.15) is 10.7 Å². The fourth-order valence-electron chi connectivity index (χ4n) is 2.94. The Morgan fingerprint density at radius 3 is 3.13 bits per heavy atom. The van der Waals surface area contributed by atoms with Gasteiger partial charge in [-0.1, -0.05) is 18.7 Å². The Labute approximate surface area is 140 Å². The fraction of sp³-hybridized carbons (Fsp3) is 0.500. The Hall–Kier alpha value is -1.74. The van der Waals surface area contributed by atoms with Gasteiger partial charge in [-0.05, 0) is 41.2 Å². The van der Waals surface area contributed by atoms with Crippen molar-refractivity contribution in [3.05, 3.63) is 26.6 Å². The van der Waals surface area contributed by atoms with Crippen LogP contribution >= 0.6 is 23.1 Å². The highest BCUT2D eigenvalue weighted by Crippen LogP contribution is 2.35. The van der Waals surface area contributed by atoms with Crippen LogP contribution in [-0.2, 0) is 25.6 Å². The summed E-state index contributed by atoms with van der Waals surface area (Å²) in [6.45, 7) is 2.27. The molecule has 120 valence electrons. The zero-order chi connectivity index (χ0) is 16.0. The second-order valence-electron chi connectivity index (χ2n) is 5.92. The molecule has 4 rings (SSSR count). The molecule has 1 atom stereocenters. The Bertz CT molecular complexity index is 927. The molecule has 23 heavy (non-hydrogen) atoms. The quantitative estimate of drug-likeness (QED) is 0.728. The minimum atomic E-state index is -0.0197. The van der Waals surface area contributed by atoms with Gasteiger partial charge in [0.15, 0.2) is 0 Å². The van der Waals surface area contributed by atoms with Crippen molar-refractivity contribution in [1.82, 2.24) is 30.2 Å². The number of hydrogen-bond acceptors (Lipinski definition) is 7. The van der Waals surface area contributed by atoms with Crippen molar-refractivity contribution in [2.75, 3.05) is 0 Å². The molecule has 3 aromatic heterocycles. The smallest absolute Gasteiger partial charge is 0.259 e. The van der Waals surface area contributed by atoms with Gasteiger partial charge in [0.05, 0.1) is 11.1 Å². The van der Waals surface area contributed by atoms with E-state index < -0.39 is 0 Å². The van der Waals surface area contributed by atoms with E-state index in [2.05, 4.69) is 32.4 Å². The maximum Gasteiger partial charge on any atom is 0.259 e. The van der Waals surface area contributed by atoms with Crippen LogP contribution in [0.15, 0.2) is 9.95 Å². The van der Waals surface area contributed by atoms with Crippen molar-refractivity contribution in [2.45, 2.75) is 37.1 Å². The molecule has 0 aromatic carbocycles. The van der Waals surface area contributed by atoms with Gasteiger partial charge in [0, 0.05) is 11.9 Å². The second kappa shape index (κ2) is 5.72. The topological polar surface area (TPSA) is 89.3 Å². The lowest BCUT2D eigenvalue weighted by molar-refractivity contribution is 0.509. The summed E-state index contributed by atoms with van der Waals surface area (Å²) in [5.74, 6) is 1.90. The molecule has 9 heteroatoms. The number of rotatable bonds is 3. The molecule has 1 N–H and O–H groups in total. The van der Waals surface area contributed by atoms with E-state index in [-0.39, 0.29) is 5.56 Å². The molecule has 7 nitrogen and oxygen atoms in total. The summed E-state index contributed by atoms with van der Waals surface area (Å²) in [5.41, 5.74) is 1.20. The Morgan fingerprint density at radius 2 is 2.35 bits per heavy atom. The van der Waals surface area contributed by atoms with Gasteiger partial charge in [-0.3, -0.25) is 4.79 Å². The van der Waals surface area contributed by atoms with Crippen LogP contribution in [0.1, 0.15) is 29.6 Å². The molecular weight excluding hydrogens is 332 g/mol. The number of thiophene rings is 1. The fourth-order valence-corrected chi connectivity index (χ4v) is 5.06. The predicted molar refractivity (Wildman–Crippen MR) is 89.8 cm³/mol. The summed E-state index contributed by atoms with van der Waals surface area (Å²) in [4.78, 5) is 22.3. The number of thioether (sulfide) groups is 1. The molecule has 0 unspecified atom stereocenters. The molecule has 0 saturated carbocycles. The average Bonchev–Trinajstić information content (AvgIpc) is 3.07. The molecule has 0 fully saturated rings. The lowest BCUT2D eigenvalue weighted by atomic mass is 9.89. The number of aromatic amines is 1. The summed E-state index contributed by atoms with van der Waals surface area (Å²) in [5, 5.41) is 12.8. The van der Waals surface area contributed by atoms with Crippen molar-refractivity contribution in [1.29, 1.82) is 0 Å². The molecule has 0 spiro atoms. The molecule has 0 bridgehead atoms. The SMILES string of the molecule is C[C@@H]1CCc2c(sc3nc(CSc4nnnn4C)[nH]c(=O)c23)C1. The first-order valence-corrected chi connectivity index (χ1v) is 9.30. The number of tetrazole rings is 1. The van der Waals surface area contributed by atoms with E-state index in [0.717, 1.165) is 29.5 Å². The predicted octanol–water partition coefficient (Wildman–Crippen LogP) is 1.93. The van der Waals surface area contributed by atoms with Crippen molar-refractivity contribution in [3.63, 3.8) is 0 Å². The van der Waals surface area contributed by atoms with Crippen LogP contribution < -0.4 is 5.56 Å². The Balaban J connectivity index is 1.67. The van der Waals surface area contributed by atoms with Crippen LogP contribution in [0.25, 0.3) is 10.2 Å². The molecule has 1 aliphatic rings. The molecule has 3 heterocycles. The number of H-pyrrole nitrogens is 1. The van der Waals surface area contributed by atoms with E-state index in [1.54, 1.807) is 23.1 Å². The van der Waals surface area contributed by atoms with E-state index in [1.165, 1.54) is 22.2 Å². The Morgan fingerprint density at radius 1 is 1.48 bits per heavy atom. The number of fused-ring (bicyclic) bond motifs is 3. The van der Waals surface area contributed by atoms with Gasteiger partial charge >= 0.3 is 0 Å². The van der Waals surface area contributed by atoms with E-state index in [1.807, 2.05) is 0 Å². The summed E-state index contributed by atoms with van der Waals surface area (Å²) in [6.07, 6.45) is 3.19. The monoisotopic (exact) mass is 348 g/mol. The first-order valence-electron chi connectivity index (χ1n) is 7.50. The zero-order valence-electron chi connectivity index (χ0n) is 12.9. The largest absolute Gasteiger partial charge is 0.309 e. The third-order valence-electron chi connectivity index (χ3n) is 4.13. The van der Waals surface area contributed by atoms with E-state index in [4.69, 9.17) is 0 Å². The van der Waals surface area contributed by atoms with Crippen molar-refractivity contribution in [3.8, 4) is 0 Å². The normalized spacial score (nSPS) is 17.6. The van der Waals surface area contributed by atoms with Gasteiger partial charge in [-0.15, -0.1) is 16.4 Å². The molecular formula is C14H16N6OS2. The molecule has 0 aliphatic heterocycles. The van der Waals surface area contributed by atoms with Gasteiger partial charge in [0.25, 0.3) is 5.56 Å². The number of aromatic nitrogens is 6. The summed E-state index contributed by atoms with van der Waals surface area (Å²) >= 11 is 3.13. The highest BCUT2D eigenvalue weighted by molar-refractivity contribution is 7.98. The molecule has 0 amide bonds.